The first-order chi connectivity index (χ1) is 27.9. The summed E-state index contributed by atoms with van der Waals surface area (Å²) in [4.78, 5) is 48.8. The van der Waals surface area contributed by atoms with E-state index in [9.17, 15) is 24.8 Å². The molecule has 3 saturated heterocycles. The van der Waals surface area contributed by atoms with Gasteiger partial charge in [-0.25, -0.2) is 9.51 Å². The van der Waals surface area contributed by atoms with Crippen molar-refractivity contribution in [1.82, 2.24) is 24.7 Å². The smallest absolute Gasteiger partial charge is 0.274 e. The van der Waals surface area contributed by atoms with E-state index in [1.165, 1.54) is 10.7 Å². The average molecular weight is 786 g/mol. The van der Waals surface area contributed by atoms with Crippen LogP contribution in [0.3, 0.4) is 0 Å². The summed E-state index contributed by atoms with van der Waals surface area (Å²) in [6, 6.07) is 19.8. The molecule has 58 heavy (non-hydrogen) atoms. The van der Waals surface area contributed by atoms with Gasteiger partial charge in [0.25, 0.3) is 5.91 Å². The minimum atomic E-state index is -1.26. The van der Waals surface area contributed by atoms with Gasteiger partial charge in [0, 0.05) is 99.7 Å². The van der Waals surface area contributed by atoms with Crippen LogP contribution in [0.15, 0.2) is 60.8 Å². The summed E-state index contributed by atoms with van der Waals surface area (Å²) in [6.45, 7) is 10.8. The van der Waals surface area contributed by atoms with Crippen LogP contribution in [-0.2, 0) is 15.2 Å². The molecule has 3 aliphatic heterocycles. The van der Waals surface area contributed by atoms with Gasteiger partial charge >= 0.3 is 0 Å². The zero-order valence-electron chi connectivity index (χ0n) is 33.3. The number of nitrogens with one attached hydrogen (secondary N) is 3. The molecular formula is C44H53N10O4+. The molecule has 2 aromatic carbocycles. The second-order valence-corrected chi connectivity index (χ2v) is 17.0. The number of anilines is 3. The Bertz CT molecular complexity index is 2270. The van der Waals surface area contributed by atoms with Gasteiger partial charge in [-0.15, -0.1) is 0 Å². The molecule has 4 aliphatic rings. The molecule has 4 aromatic rings. The minimum Gasteiger partial charge on any atom is -0.398 e. The number of nitrogen functional groups attached to an aromatic ring is 1. The summed E-state index contributed by atoms with van der Waals surface area (Å²) < 4.78 is 1.49. The van der Waals surface area contributed by atoms with Crippen molar-refractivity contribution in [3.05, 3.63) is 88.7 Å². The van der Waals surface area contributed by atoms with Crippen molar-refractivity contribution in [1.29, 1.82) is 5.26 Å². The highest BCUT2D eigenvalue weighted by atomic mass is 16.3. The number of imide groups is 1. The second-order valence-electron chi connectivity index (χ2n) is 17.0. The van der Waals surface area contributed by atoms with Gasteiger partial charge in [0.1, 0.15) is 11.8 Å². The Morgan fingerprint density at radius 1 is 1.05 bits per heavy atom. The number of piperidine rings is 1. The van der Waals surface area contributed by atoms with Crippen LogP contribution in [-0.4, -0.2) is 106 Å². The van der Waals surface area contributed by atoms with Crippen LogP contribution in [0.4, 0.5) is 17.1 Å². The van der Waals surface area contributed by atoms with Crippen molar-refractivity contribution >= 4 is 46.5 Å². The van der Waals surface area contributed by atoms with Crippen molar-refractivity contribution in [2.24, 2.45) is 5.92 Å². The van der Waals surface area contributed by atoms with E-state index < -0.39 is 11.5 Å². The van der Waals surface area contributed by atoms with E-state index in [1.807, 2.05) is 18.3 Å². The molecule has 8 rings (SSSR count). The number of hydrogen-bond donors (Lipinski definition) is 5. The molecule has 3 amide bonds. The highest BCUT2D eigenvalue weighted by Gasteiger charge is 2.34. The number of fused-ring (bicyclic) bond motifs is 1. The van der Waals surface area contributed by atoms with Crippen LogP contribution in [0.1, 0.15) is 91.0 Å². The van der Waals surface area contributed by atoms with E-state index in [0.29, 0.717) is 64.6 Å². The first kappa shape index (κ1) is 39.2. The van der Waals surface area contributed by atoms with Gasteiger partial charge in [-0.1, -0.05) is 12.1 Å². The van der Waals surface area contributed by atoms with Gasteiger partial charge in [-0.3, -0.25) is 24.6 Å². The van der Waals surface area contributed by atoms with E-state index in [4.69, 9.17) is 5.73 Å². The topological polar surface area (TPSA) is 186 Å². The van der Waals surface area contributed by atoms with Gasteiger partial charge in [0.15, 0.2) is 12.3 Å². The molecule has 4 fully saturated rings. The van der Waals surface area contributed by atoms with Crippen LogP contribution in [0.25, 0.3) is 5.52 Å². The molecule has 0 radical (unpaired) electrons. The van der Waals surface area contributed by atoms with Crippen molar-refractivity contribution < 1.29 is 24.5 Å². The fraction of sp³-hybridized carbons (Fsp3) is 0.455. The quantitative estimate of drug-likeness (QED) is 0.0909. The number of nitrogens with zero attached hydrogens (tertiary/aromatic N) is 6. The van der Waals surface area contributed by atoms with E-state index in [2.05, 4.69) is 53.6 Å². The van der Waals surface area contributed by atoms with Crippen LogP contribution in [0.5, 0.6) is 0 Å². The minimum absolute atomic E-state index is 0.181. The SMILES string of the molecule is CC(C)(O)c1cc(N)c(C=[NH+]C2CCC(N3CCN(CC4CN(c5cccc([C@H]6CCC(=O)NC6=O)c5)C4)CC3)CC2)cc1NC(=O)c1ccc2cc(C#N)cnn12. The summed E-state index contributed by atoms with van der Waals surface area (Å²) in [5, 5.41) is 29.9. The maximum atomic E-state index is 13.5. The van der Waals surface area contributed by atoms with Gasteiger partial charge in [-0.05, 0) is 81.1 Å². The lowest BCUT2D eigenvalue weighted by atomic mass is 9.89. The van der Waals surface area contributed by atoms with E-state index >= 15 is 0 Å². The summed E-state index contributed by atoms with van der Waals surface area (Å²) in [7, 11) is 0. The normalized spacial score (nSPS) is 22.5. The molecule has 302 valence electrons. The Kier molecular flexibility index (Phi) is 11.0. The van der Waals surface area contributed by atoms with Crippen molar-refractivity contribution in [2.45, 2.75) is 76.0 Å². The zero-order chi connectivity index (χ0) is 40.6. The number of carbonyl (C=O) groups is 3. The fourth-order valence-electron chi connectivity index (χ4n) is 9.12. The van der Waals surface area contributed by atoms with E-state index in [-0.39, 0.29) is 17.7 Å². The number of rotatable bonds is 10. The van der Waals surface area contributed by atoms with E-state index in [0.717, 1.165) is 88.3 Å². The summed E-state index contributed by atoms with van der Waals surface area (Å²) >= 11 is 0. The third-order valence-electron chi connectivity index (χ3n) is 12.4. The number of hydrogen-bond acceptors (Lipinski definition) is 10. The third kappa shape index (κ3) is 8.48. The van der Waals surface area contributed by atoms with Crippen molar-refractivity contribution in [3.8, 4) is 6.07 Å². The predicted octanol–water partition coefficient (Wildman–Crippen LogP) is 2.35. The molecule has 2 aromatic heterocycles. The Labute approximate surface area is 338 Å². The molecule has 0 unspecified atom stereocenters. The Morgan fingerprint density at radius 3 is 2.55 bits per heavy atom. The molecule has 1 saturated carbocycles. The zero-order valence-corrected chi connectivity index (χ0v) is 33.3. The fourth-order valence-corrected chi connectivity index (χ4v) is 9.12. The predicted molar refractivity (Wildman–Crippen MR) is 221 cm³/mol. The number of amides is 3. The van der Waals surface area contributed by atoms with Crippen molar-refractivity contribution in [3.63, 3.8) is 0 Å². The molecule has 0 bridgehead atoms. The lowest BCUT2D eigenvalue weighted by molar-refractivity contribution is -0.503. The Balaban J connectivity index is 0.807. The Hall–Kier alpha value is -5.62. The van der Waals surface area contributed by atoms with Gasteiger partial charge in [0.05, 0.1) is 34.4 Å². The lowest BCUT2D eigenvalue weighted by Crippen LogP contribution is -2.77. The number of nitriles is 1. The van der Waals surface area contributed by atoms with Gasteiger partial charge < -0.3 is 26.0 Å². The number of aromatic nitrogens is 2. The molecule has 1 aliphatic carbocycles. The molecule has 5 heterocycles. The summed E-state index contributed by atoms with van der Waals surface area (Å²) in [5.74, 6) is -0.388. The molecular weight excluding hydrogens is 733 g/mol. The van der Waals surface area contributed by atoms with Crippen LogP contribution >= 0.6 is 0 Å². The number of piperazine rings is 1. The standard InChI is InChI=1S/C44H52N10O4/c1-44(2,58)37-21-38(46)31(20-39(37)49-43(57)40-12-10-35-18-28(22-45)23-48-54(35)40)24-47-32-6-8-33(9-7-32)52-16-14-51(15-17-52)25-29-26-53(27-29)34-5-3-4-30(19-34)36-11-13-41(55)50-42(36)56/h3-5,10,12,18-21,23-24,29,32-33,36,58H,6-9,11,13-17,25-27,46H2,1-2H3,(H,49,57)(H,50,55,56)/p+1/t32?,33?,36-/m1/s1. The van der Waals surface area contributed by atoms with Crippen LogP contribution in [0, 0.1) is 17.2 Å². The molecule has 14 nitrogen and oxygen atoms in total. The monoisotopic (exact) mass is 785 g/mol. The first-order valence-electron chi connectivity index (χ1n) is 20.5. The Morgan fingerprint density at radius 2 is 1.83 bits per heavy atom. The number of aliphatic hydroxyl groups is 1. The average Bonchev–Trinajstić information content (AvgIpc) is 3.63. The lowest BCUT2D eigenvalue weighted by Gasteiger charge is -2.46. The van der Waals surface area contributed by atoms with Crippen molar-refractivity contribution in [2.75, 3.05) is 61.8 Å². The van der Waals surface area contributed by atoms with E-state index in [1.54, 1.807) is 44.2 Å². The maximum absolute atomic E-state index is 13.5. The largest absolute Gasteiger partial charge is 0.398 e. The highest BCUT2D eigenvalue weighted by Crippen LogP contribution is 2.33. The molecule has 1 atom stereocenters. The van der Waals surface area contributed by atoms with Gasteiger partial charge in [0.2, 0.25) is 11.8 Å². The number of benzene rings is 2. The molecule has 14 heteroatoms. The summed E-state index contributed by atoms with van der Waals surface area (Å²) in [5.41, 5.74) is 10.9. The maximum Gasteiger partial charge on any atom is 0.274 e. The summed E-state index contributed by atoms with van der Waals surface area (Å²) in [6.07, 6.45) is 8.67. The third-order valence-corrected chi connectivity index (χ3v) is 12.4. The highest BCUT2D eigenvalue weighted by molar-refractivity contribution is 6.05. The van der Waals surface area contributed by atoms with Gasteiger partial charge in [-0.2, -0.15) is 10.4 Å². The second kappa shape index (κ2) is 16.3. The first-order valence-corrected chi connectivity index (χ1v) is 20.5. The number of carbonyl (C=O) groups excluding carboxylic acids is 3. The van der Waals surface area contributed by atoms with Crippen LogP contribution in [0.2, 0.25) is 0 Å². The molecule has 6 N–H and O–H groups in total. The number of nitrogens with two attached hydrogens (primary N) is 1. The van der Waals surface area contributed by atoms with Crippen LogP contribution < -0.4 is 26.3 Å². The molecule has 0 spiro atoms.